The van der Waals surface area contributed by atoms with Crippen LogP contribution in [-0.4, -0.2) is 34.0 Å². The molecule has 0 unspecified atom stereocenters. The Kier molecular flexibility index (Phi) is 4.74. The Morgan fingerprint density at radius 1 is 1.14 bits per heavy atom. The number of hydrogen-bond acceptors (Lipinski definition) is 4. The third kappa shape index (κ3) is 3.31. The third-order valence-electron chi connectivity index (χ3n) is 5.11. The van der Waals surface area contributed by atoms with Crippen molar-refractivity contribution >= 4 is 5.91 Å². The van der Waals surface area contributed by atoms with Crippen LogP contribution in [0.15, 0.2) is 54.9 Å². The summed E-state index contributed by atoms with van der Waals surface area (Å²) in [6, 6.07) is 13.5. The number of ether oxygens (including phenoxy) is 1. The molecule has 0 radical (unpaired) electrons. The number of pyridine rings is 1. The molecule has 0 aliphatic carbocycles. The van der Waals surface area contributed by atoms with E-state index in [0.29, 0.717) is 31.0 Å². The summed E-state index contributed by atoms with van der Waals surface area (Å²) >= 11 is 0. The minimum Gasteiger partial charge on any atom is -0.504 e. The van der Waals surface area contributed by atoms with Crippen molar-refractivity contribution in [3.05, 3.63) is 77.1 Å². The van der Waals surface area contributed by atoms with Gasteiger partial charge < -0.3 is 14.7 Å². The molecule has 4 rings (SSSR count). The van der Waals surface area contributed by atoms with E-state index in [4.69, 9.17) is 4.74 Å². The highest BCUT2D eigenvalue weighted by Crippen LogP contribution is 2.38. The molecule has 1 aliphatic rings. The van der Waals surface area contributed by atoms with Crippen LogP contribution < -0.4 is 4.74 Å². The number of fused-ring (bicyclic) bond motifs is 1. The fourth-order valence-corrected chi connectivity index (χ4v) is 3.61. The van der Waals surface area contributed by atoms with E-state index < -0.39 is 0 Å². The number of carbonyl (C=O) groups excluding carboxylic acids is 1. The highest BCUT2D eigenvalue weighted by atomic mass is 16.5. The van der Waals surface area contributed by atoms with Gasteiger partial charge in [0.05, 0.1) is 6.54 Å². The van der Waals surface area contributed by atoms with Gasteiger partial charge in [0.15, 0.2) is 11.5 Å². The largest absolute Gasteiger partial charge is 0.504 e. The molecule has 3 aromatic rings. The maximum Gasteiger partial charge on any atom is 0.254 e. The summed E-state index contributed by atoms with van der Waals surface area (Å²) in [6.45, 7) is 5.08. The van der Waals surface area contributed by atoms with Gasteiger partial charge in [0.1, 0.15) is 6.61 Å². The molecule has 142 valence electrons. The molecule has 5 heteroatoms. The molecule has 0 fully saturated rings. The van der Waals surface area contributed by atoms with Gasteiger partial charge in [-0.3, -0.25) is 9.78 Å². The molecule has 0 bridgehead atoms. The van der Waals surface area contributed by atoms with Crippen molar-refractivity contribution in [2.24, 2.45) is 0 Å². The lowest BCUT2D eigenvalue weighted by Crippen LogP contribution is -2.32. The number of aryl methyl sites for hydroxylation is 2. The number of aromatic nitrogens is 1. The number of phenols is 1. The summed E-state index contributed by atoms with van der Waals surface area (Å²) in [5.41, 5.74) is 5.36. The van der Waals surface area contributed by atoms with Crippen molar-refractivity contribution in [2.75, 3.05) is 13.2 Å². The van der Waals surface area contributed by atoms with Gasteiger partial charge in [-0.05, 0) is 54.3 Å². The normalized spacial score (nSPS) is 13.4. The number of hydrogen-bond donors (Lipinski definition) is 1. The first kappa shape index (κ1) is 18.0. The van der Waals surface area contributed by atoms with Crippen molar-refractivity contribution in [2.45, 2.75) is 20.4 Å². The third-order valence-corrected chi connectivity index (χ3v) is 5.11. The fourth-order valence-electron chi connectivity index (χ4n) is 3.61. The zero-order chi connectivity index (χ0) is 19.7. The van der Waals surface area contributed by atoms with Gasteiger partial charge in [-0.1, -0.05) is 24.3 Å². The summed E-state index contributed by atoms with van der Waals surface area (Å²) in [7, 11) is 0. The lowest BCUT2D eigenvalue weighted by Gasteiger charge is -2.21. The Hall–Kier alpha value is -3.34. The summed E-state index contributed by atoms with van der Waals surface area (Å²) in [5.74, 6) is 0.501. The first-order valence-electron chi connectivity index (χ1n) is 9.29. The first-order chi connectivity index (χ1) is 13.5. The summed E-state index contributed by atoms with van der Waals surface area (Å²) in [4.78, 5) is 18.9. The first-order valence-corrected chi connectivity index (χ1v) is 9.29. The fraction of sp³-hybridized carbons (Fsp3) is 0.217. The molecule has 2 heterocycles. The van der Waals surface area contributed by atoms with Gasteiger partial charge in [0.2, 0.25) is 0 Å². The Morgan fingerprint density at radius 3 is 2.75 bits per heavy atom. The van der Waals surface area contributed by atoms with Crippen LogP contribution in [0.5, 0.6) is 11.5 Å². The molecule has 1 aliphatic heterocycles. The van der Waals surface area contributed by atoms with E-state index in [2.05, 4.69) is 4.98 Å². The Balaban J connectivity index is 1.72. The molecular formula is C23H22N2O3. The average molecular weight is 374 g/mol. The second-order valence-corrected chi connectivity index (χ2v) is 7.06. The predicted octanol–water partition coefficient (Wildman–Crippen LogP) is 4.11. The molecule has 1 N–H and O–H groups in total. The Morgan fingerprint density at radius 2 is 1.96 bits per heavy atom. The van der Waals surface area contributed by atoms with E-state index in [1.807, 2.05) is 44.2 Å². The van der Waals surface area contributed by atoms with E-state index in [1.165, 1.54) is 0 Å². The molecule has 1 amide bonds. The van der Waals surface area contributed by atoms with Crippen LogP contribution in [0.1, 0.15) is 27.0 Å². The second kappa shape index (κ2) is 7.35. The molecule has 0 saturated heterocycles. The maximum atomic E-state index is 13.1. The zero-order valence-corrected chi connectivity index (χ0v) is 16.0. The zero-order valence-electron chi connectivity index (χ0n) is 16.0. The van der Waals surface area contributed by atoms with E-state index in [9.17, 15) is 9.90 Å². The summed E-state index contributed by atoms with van der Waals surface area (Å²) in [6.07, 6.45) is 3.32. The van der Waals surface area contributed by atoms with Crippen LogP contribution in [0.4, 0.5) is 0 Å². The van der Waals surface area contributed by atoms with Crippen molar-refractivity contribution in [1.82, 2.24) is 9.88 Å². The maximum absolute atomic E-state index is 13.1. The van der Waals surface area contributed by atoms with Crippen LogP contribution >= 0.6 is 0 Å². The number of phenolic OH excluding ortho intramolecular Hbond substituents is 1. The quantitative estimate of drug-likeness (QED) is 0.733. The van der Waals surface area contributed by atoms with Crippen LogP contribution in [0.25, 0.3) is 11.1 Å². The molecule has 0 atom stereocenters. The highest BCUT2D eigenvalue weighted by Gasteiger charge is 2.24. The molecule has 0 saturated carbocycles. The van der Waals surface area contributed by atoms with Gasteiger partial charge in [0.25, 0.3) is 5.91 Å². The van der Waals surface area contributed by atoms with Crippen molar-refractivity contribution in [1.29, 1.82) is 0 Å². The van der Waals surface area contributed by atoms with Gasteiger partial charge in [0, 0.05) is 30.1 Å². The minimum atomic E-state index is -0.0582. The SMILES string of the molecule is Cc1cnccc1C(=O)N1CCOc2c(O)cc(-c3ccccc3C)cc2C1. The van der Waals surface area contributed by atoms with Gasteiger partial charge in [-0.2, -0.15) is 0 Å². The molecule has 28 heavy (non-hydrogen) atoms. The lowest BCUT2D eigenvalue weighted by molar-refractivity contribution is 0.0732. The molecule has 0 spiro atoms. The Labute approximate surface area is 164 Å². The molecular weight excluding hydrogens is 352 g/mol. The molecule has 2 aromatic carbocycles. The minimum absolute atomic E-state index is 0.0582. The second-order valence-electron chi connectivity index (χ2n) is 7.06. The van der Waals surface area contributed by atoms with Crippen molar-refractivity contribution in [3.63, 3.8) is 0 Å². The van der Waals surface area contributed by atoms with Gasteiger partial charge >= 0.3 is 0 Å². The summed E-state index contributed by atoms with van der Waals surface area (Å²) < 4.78 is 5.79. The Bertz CT molecular complexity index is 1050. The number of nitrogens with zero attached hydrogens (tertiary/aromatic N) is 2. The van der Waals surface area contributed by atoms with E-state index in [0.717, 1.165) is 27.8 Å². The van der Waals surface area contributed by atoms with Crippen molar-refractivity contribution < 1.29 is 14.6 Å². The van der Waals surface area contributed by atoms with E-state index in [1.54, 1.807) is 29.4 Å². The van der Waals surface area contributed by atoms with E-state index >= 15 is 0 Å². The number of rotatable bonds is 2. The molecule has 5 nitrogen and oxygen atoms in total. The smallest absolute Gasteiger partial charge is 0.254 e. The average Bonchev–Trinajstić information content (AvgIpc) is 2.91. The van der Waals surface area contributed by atoms with Crippen molar-refractivity contribution in [3.8, 4) is 22.6 Å². The van der Waals surface area contributed by atoms with Gasteiger partial charge in [-0.15, -0.1) is 0 Å². The van der Waals surface area contributed by atoms with Crippen LogP contribution in [0, 0.1) is 13.8 Å². The molecule has 1 aromatic heterocycles. The summed E-state index contributed by atoms with van der Waals surface area (Å²) in [5, 5.41) is 10.6. The van der Waals surface area contributed by atoms with Crippen LogP contribution in [0.3, 0.4) is 0 Å². The lowest BCUT2D eigenvalue weighted by atomic mass is 9.97. The van der Waals surface area contributed by atoms with E-state index in [-0.39, 0.29) is 11.7 Å². The topological polar surface area (TPSA) is 62.7 Å². The van der Waals surface area contributed by atoms with Gasteiger partial charge in [-0.25, -0.2) is 0 Å². The monoisotopic (exact) mass is 374 g/mol. The van der Waals surface area contributed by atoms with Crippen LogP contribution in [0.2, 0.25) is 0 Å². The number of amides is 1. The standard InChI is InChI=1S/C23H22N2O3/c1-15-5-3-4-6-19(15)17-11-18-14-25(9-10-28-22(18)21(26)12-17)23(27)20-7-8-24-13-16(20)2/h3-8,11-13,26H,9-10,14H2,1-2H3. The number of benzene rings is 2. The number of aromatic hydroxyl groups is 1. The highest BCUT2D eigenvalue weighted by molar-refractivity contribution is 5.95. The predicted molar refractivity (Wildman–Crippen MR) is 107 cm³/mol. The van der Waals surface area contributed by atoms with Crippen LogP contribution in [-0.2, 0) is 6.54 Å². The number of carbonyl (C=O) groups is 1.